The van der Waals surface area contributed by atoms with Crippen LogP contribution in [0.1, 0.15) is 36.8 Å². The predicted molar refractivity (Wildman–Crippen MR) is 76.8 cm³/mol. The average Bonchev–Trinajstić information content (AvgIpc) is 2.93. The lowest BCUT2D eigenvalue weighted by Gasteiger charge is -2.35. The monoisotopic (exact) mass is 260 g/mol. The van der Waals surface area contributed by atoms with Gasteiger partial charge in [-0.15, -0.1) is 0 Å². The Bertz CT molecular complexity index is 421. The first kappa shape index (κ1) is 13.1. The zero-order valence-corrected chi connectivity index (χ0v) is 11.5. The zero-order valence-electron chi connectivity index (χ0n) is 11.5. The lowest BCUT2D eigenvalue weighted by atomic mass is 9.97. The highest BCUT2D eigenvalue weighted by atomic mass is 16.3. The molecule has 0 bridgehead atoms. The number of piperidine rings is 1. The van der Waals surface area contributed by atoms with E-state index < -0.39 is 0 Å². The highest BCUT2D eigenvalue weighted by molar-refractivity contribution is 5.22. The fourth-order valence-corrected chi connectivity index (χ4v) is 3.51. The van der Waals surface area contributed by atoms with Crippen LogP contribution in [0.4, 0.5) is 0 Å². The van der Waals surface area contributed by atoms with Gasteiger partial charge in [-0.05, 0) is 49.9 Å². The number of nitrogens with zero attached hydrogens (tertiary/aromatic N) is 1. The second kappa shape index (κ2) is 6.04. The minimum absolute atomic E-state index is 0.133. The molecule has 2 heterocycles. The number of benzene rings is 1. The molecule has 2 aliphatic heterocycles. The first-order valence-corrected chi connectivity index (χ1v) is 7.51. The van der Waals surface area contributed by atoms with Gasteiger partial charge in [-0.2, -0.15) is 0 Å². The Morgan fingerprint density at radius 2 is 2.11 bits per heavy atom. The molecule has 2 atom stereocenters. The fourth-order valence-electron chi connectivity index (χ4n) is 3.51. The molecule has 0 aromatic heterocycles. The summed E-state index contributed by atoms with van der Waals surface area (Å²) in [6.07, 6.45) is 5.35. The van der Waals surface area contributed by atoms with Gasteiger partial charge in [0.25, 0.3) is 0 Å². The quantitative estimate of drug-likeness (QED) is 0.868. The molecule has 104 valence electrons. The van der Waals surface area contributed by atoms with E-state index in [0.717, 1.165) is 18.2 Å². The van der Waals surface area contributed by atoms with Gasteiger partial charge in [-0.1, -0.05) is 24.3 Å². The van der Waals surface area contributed by atoms with Crippen LogP contribution in [0.15, 0.2) is 24.3 Å². The molecule has 19 heavy (non-hydrogen) atoms. The number of hydrogen-bond acceptors (Lipinski definition) is 3. The van der Waals surface area contributed by atoms with Crippen LogP contribution in [0.5, 0.6) is 0 Å². The van der Waals surface area contributed by atoms with Crippen molar-refractivity contribution >= 4 is 0 Å². The average molecular weight is 260 g/mol. The normalized spacial score (nSPS) is 27.4. The second-order valence-corrected chi connectivity index (χ2v) is 5.91. The minimum atomic E-state index is 0.133. The molecular formula is C16H24N2O. The fraction of sp³-hybridized carbons (Fsp3) is 0.625. The molecule has 3 heteroatoms. The lowest BCUT2D eigenvalue weighted by Crippen LogP contribution is -2.45. The molecule has 0 radical (unpaired) electrons. The second-order valence-electron chi connectivity index (χ2n) is 5.91. The van der Waals surface area contributed by atoms with E-state index in [-0.39, 0.29) is 6.61 Å². The molecule has 1 aromatic rings. The Morgan fingerprint density at radius 3 is 3.00 bits per heavy atom. The largest absolute Gasteiger partial charge is 0.392 e. The number of hydrogen-bond donors (Lipinski definition) is 2. The number of rotatable bonds is 4. The van der Waals surface area contributed by atoms with Crippen molar-refractivity contribution in [1.82, 2.24) is 10.2 Å². The van der Waals surface area contributed by atoms with E-state index in [9.17, 15) is 0 Å². The molecule has 2 aliphatic rings. The summed E-state index contributed by atoms with van der Waals surface area (Å²) in [4.78, 5) is 2.66. The van der Waals surface area contributed by atoms with Crippen LogP contribution in [0.3, 0.4) is 0 Å². The summed E-state index contributed by atoms with van der Waals surface area (Å²) >= 11 is 0. The maximum Gasteiger partial charge on any atom is 0.0681 e. The Labute approximate surface area is 115 Å². The van der Waals surface area contributed by atoms with Crippen molar-refractivity contribution in [3.8, 4) is 0 Å². The molecule has 2 saturated heterocycles. The van der Waals surface area contributed by atoms with E-state index in [1.807, 2.05) is 12.1 Å². The summed E-state index contributed by atoms with van der Waals surface area (Å²) in [7, 11) is 0. The van der Waals surface area contributed by atoms with Gasteiger partial charge in [-0.25, -0.2) is 0 Å². The van der Waals surface area contributed by atoms with Crippen LogP contribution in [0, 0.1) is 0 Å². The van der Waals surface area contributed by atoms with Crippen LogP contribution in [0.25, 0.3) is 0 Å². The van der Waals surface area contributed by atoms with Crippen molar-refractivity contribution < 1.29 is 5.11 Å². The SMILES string of the molecule is OCc1cccc(CNC2CCN3CCCC3C2)c1. The van der Waals surface area contributed by atoms with E-state index >= 15 is 0 Å². The molecular weight excluding hydrogens is 236 g/mol. The van der Waals surface area contributed by atoms with E-state index in [1.165, 1.54) is 44.3 Å². The van der Waals surface area contributed by atoms with Crippen LogP contribution in [-0.4, -0.2) is 35.2 Å². The molecule has 2 fully saturated rings. The lowest BCUT2D eigenvalue weighted by molar-refractivity contribution is 0.166. The molecule has 2 N–H and O–H groups in total. The third-order valence-electron chi connectivity index (χ3n) is 4.59. The number of aliphatic hydroxyl groups excluding tert-OH is 1. The summed E-state index contributed by atoms with van der Waals surface area (Å²) < 4.78 is 0. The van der Waals surface area contributed by atoms with E-state index in [0.29, 0.717) is 6.04 Å². The van der Waals surface area contributed by atoms with Crippen LogP contribution in [-0.2, 0) is 13.2 Å². The first-order chi connectivity index (χ1) is 9.35. The summed E-state index contributed by atoms with van der Waals surface area (Å²) in [5, 5.41) is 12.8. The van der Waals surface area contributed by atoms with Gasteiger partial charge in [0.2, 0.25) is 0 Å². The number of nitrogens with one attached hydrogen (secondary N) is 1. The summed E-state index contributed by atoms with van der Waals surface area (Å²) in [5.41, 5.74) is 2.28. The van der Waals surface area contributed by atoms with Gasteiger partial charge in [-0.3, -0.25) is 0 Å². The van der Waals surface area contributed by atoms with Gasteiger partial charge in [0, 0.05) is 18.6 Å². The smallest absolute Gasteiger partial charge is 0.0681 e. The van der Waals surface area contributed by atoms with E-state index in [1.54, 1.807) is 0 Å². The highest BCUT2D eigenvalue weighted by Crippen LogP contribution is 2.26. The molecule has 2 unspecified atom stereocenters. The minimum Gasteiger partial charge on any atom is -0.392 e. The van der Waals surface area contributed by atoms with E-state index in [4.69, 9.17) is 5.11 Å². The maximum absolute atomic E-state index is 9.16. The Kier molecular flexibility index (Phi) is 4.16. The highest BCUT2D eigenvalue weighted by Gasteiger charge is 2.31. The van der Waals surface area contributed by atoms with Gasteiger partial charge < -0.3 is 15.3 Å². The summed E-state index contributed by atoms with van der Waals surface area (Å²) in [6, 6.07) is 9.73. The van der Waals surface area contributed by atoms with Crippen molar-refractivity contribution in [2.75, 3.05) is 13.1 Å². The molecule has 0 saturated carbocycles. The van der Waals surface area contributed by atoms with Crippen molar-refractivity contribution in [2.45, 2.75) is 50.9 Å². The van der Waals surface area contributed by atoms with Gasteiger partial charge >= 0.3 is 0 Å². The third-order valence-corrected chi connectivity index (χ3v) is 4.59. The van der Waals surface area contributed by atoms with Gasteiger partial charge in [0.1, 0.15) is 0 Å². The predicted octanol–water partition coefficient (Wildman–Crippen LogP) is 1.90. The van der Waals surface area contributed by atoms with Crippen LogP contribution < -0.4 is 5.32 Å². The Hall–Kier alpha value is -0.900. The van der Waals surface area contributed by atoms with Gasteiger partial charge in [0.05, 0.1) is 6.61 Å². The zero-order chi connectivity index (χ0) is 13.1. The molecule has 0 aliphatic carbocycles. The third kappa shape index (κ3) is 3.16. The summed E-state index contributed by atoms with van der Waals surface area (Å²) in [5.74, 6) is 0. The Morgan fingerprint density at radius 1 is 1.21 bits per heavy atom. The molecule has 1 aromatic carbocycles. The summed E-state index contributed by atoms with van der Waals surface area (Å²) in [6.45, 7) is 3.63. The van der Waals surface area contributed by atoms with Crippen molar-refractivity contribution in [1.29, 1.82) is 0 Å². The molecule has 0 amide bonds. The van der Waals surface area contributed by atoms with Gasteiger partial charge in [0.15, 0.2) is 0 Å². The van der Waals surface area contributed by atoms with E-state index in [2.05, 4.69) is 22.3 Å². The standard InChI is InChI=1S/C16H24N2O/c19-12-14-4-1-3-13(9-14)11-17-15-6-8-18-7-2-5-16(18)10-15/h1,3-4,9,15-17,19H,2,5-8,10-12H2. The molecule has 0 spiro atoms. The number of fused-ring (bicyclic) bond motifs is 1. The van der Waals surface area contributed by atoms with Crippen LogP contribution in [0.2, 0.25) is 0 Å². The molecule has 3 nitrogen and oxygen atoms in total. The first-order valence-electron chi connectivity index (χ1n) is 7.51. The number of aliphatic hydroxyl groups is 1. The van der Waals surface area contributed by atoms with Crippen LogP contribution >= 0.6 is 0 Å². The van der Waals surface area contributed by atoms with Crippen molar-refractivity contribution in [3.63, 3.8) is 0 Å². The van der Waals surface area contributed by atoms with Crippen molar-refractivity contribution in [2.24, 2.45) is 0 Å². The topological polar surface area (TPSA) is 35.5 Å². The molecule has 3 rings (SSSR count). The van der Waals surface area contributed by atoms with Crippen molar-refractivity contribution in [3.05, 3.63) is 35.4 Å². The Balaban J connectivity index is 1.51. The maximum atomic E-state index is 9.16.